The van der Waals surface area contributed by atoms with E-state index < -0.39 is 0 Å². The van der Waals surface area contributed by atoms with Crippen molar-refractivity contribution in [3.05, 3.63) is 0 Å². The van der Waals surface area contributed by atoms with Crippen LogP contribution >= 0.6 is 0 Å². The second-order valence-corrected chi connectivity index (χ2v) is 4.08. The van der Waals surface area contributed by atoms with Gasteiger partial charge in [0, 0.05) is 12.3 Å². The predicted octanol–water partition coefficient (Wildman–Crippen LogP) is 1.81. The molecule has 0 spiro atoms. The van der Waals surface area contributed by atoms with Crippen LogP contribution in [0, 0.1) is 29.6 Å². The summed E-state index contributed by atoms with van der Waals surface area (Å²) in [5.41, 5.74) is 0. The molecule has 0 aliphatic heterocycles. The summed E-state index contributed by atoms with van der Waals surface area (Å²) in [5.74, 6) is 8.94. The van der Waals surface area contributed by atoms with E-state index in [2.05, 4.69) is 11.8 Å². The van der Waals surface area contributed by atoms with Crippen LogP contribution in [0.4, 0.5) is 0 Å². The Hall–Kier alpha value is -0.480. The summed E-state index contributed by atoms with van der Waals surface area (Å²) in [6, 6.07) is 0. The third-order valence-electron chi connectivity index (χ3n) is 3.26. The largest absolute Gasteiger partial charge is 0.395 e. The Kier molecular flexibility index (Phi) is 2.37. The summed E-state index contributed by atoms with van der Waals surface area (Å²) in [6.07, 6.45) is 6.28. The molecule has 0 amide bonds. The van der Waals surface area contributed by atoms with Crippen molar-refractivity contribution in [3.8, 4) is 11.8 Å². The first kappa shape index (κ1) is 8.13. The average molecular weight is 164 g/mol. The van der Waals surface area contributed by atoms with E-state index in [0.29, 0.717) is 12.3 Å². The fraction of sp³-hybridized carbons (Fsp3) is 0.818. The van der Waals surface area contributed by atoms with Gasteiger partial charge in [-0.15, -0.1) is 5.92 Å². The normalized spacial score (nSPS) is 37.9. The summed E-state index contributed by atoms with van der Waals surface area (Å²) in [4.78, 5) is 0. The van der Waals surface area contributed by atoms with Crippen molar-refractivity contribution >= 4 is 0 Å². The van der Waals surface area contributed by atoms with Gasteiger partial charge in [-0.1, -0.05) is 12.3 Å². The maximum Gasteiger partial charge on any atom is 0.0540 e. The quantitative estimate of drug-likeness (QED) is 0.586. The minimum atomic E-state index is 0.216. The van der Waals surface area contributed by atoms with Crippen LogP contribution in [0.25, 0.3) is 0 Å². The van der Waals surface area contributed by atoms with Gasteiger partial charge in [0.05, 0.1) is 6.61 Å². The minimum absolute atomic E-state index is 0.216. The molecule has 2 saturated carbocycles. The van der Waals surface area contributed by atoms with E-state index in [9.17, 15) is 0 Å². The van der Waals surface area contributed by atoms with Crippen LogP contribution in [0.2, 0.25) is 0 Å². The Morgan fingerprint density at radius 1 is 1.25 bits per heavy atom. The number of aliphatic hydroxyl groups excluding tert-OH is 1. The first-order valence-electron chi connectivity index (χ1n) is 4.99. The highest BCUT2D eigenvalue weighted by Gasteiger charge is 2.38. The highest BCUT2D eigenvalue weighted by Crippen LogP contribution is 2.47. The molecule has 2 bridgehead atoms. The van der Waals surface area contributed by atoms with E-state index in [1.54, 1.807) is 0 Å². The standard InChI is InChI=1S/C11H16O/c12-6-2-1-3-10-7-9-4-5-11(10)8-9/h9-12H,2,4-8H2. The van der Waals surface area contributed by atoms with Crippen LogP contribution in [0.3, 0.4) is 0 Å². The Bertz CT molecular complexity index is 211. The average Bonchev–Trinajstić information content (AvgIpc) is 2.65. The molecule has 2 rings (SSSR count). The molecule has 0 radical (unpaired) electrons. The van der Waals surface area contributed by atoms with Gasteiger partial charge >= 0.3 is 0 Å². The van der Waals surface area contributed by atoms with Gasteiger partial charge in [-0.05, 0) is 31.1 Å². The molecule has 3 atom stereocenters. The molecule has 0 heterocycles. The number of hydrogen-bond donors (Lipinski definition) is 1. The summed E-state index contributed by atoms with van der Waals surface area (Å²) < 4.78 is 0. The Labute approximate surface area is 74.2 Å². The van der Waals surface area contributed by atoms with Crippen LogP contribution in [-0.4, -0.2) is 11.7 Å². The molecule has 2 fully saturated rings. The smallest absolute Gasteiger partial charge is 0.0540 e. The molecule has 2 aliphatic rings. The highest BCUT2D eigenvalue weighted by atomic mass is 16.2. The van der Waals surface area contributed by atoms with E-state index in [1.807, 2.05) is 0 Å². The Balaban J connectivity index is 1.87. The van der Waals surface area contributed by atoms with Crippen molar-refractivity contribution in [3.63, 3.8) is 0 Å². The lowest BCUT2D eigenvalue weighted by atomic mass is 9.89. The van der Waals surface area contributed by atoms with Crippen LogP contribution in [0.1, 0.15) is 32.1 Å². The van der Waals surface area contributed by atoms with Crippen molar-refractivity contribution < 1.29 is 5.11 Å². The third kappa shape index (κ3) is 1.49. The molecule has 0 aromatic carbocycles. The van der Waals surface area contributed by atoms with E-state index in [1.165, 1.54) is 25.7 Å². The molecule has 1 N–H and O–H groups in total. The van der Waals surface area contributed by atoms with Crippen LogP contribution in [-0.2, 0) is 0 Å². The fourth-order valence-electron chi connectivity index (χ4n) is 2.68. The summed E-state index contributed by atoms with van der Waals surface area (Å²) in [6.45, 7) is 0.216. The van der Waals surface area contributed by atoms with Crippen molar-refractivity contribution in [2.24, 2.45) is 17.8 Å². The summed E-state index contributed by atoms with van der Waals surface area (Å²) >= 11 is 0. The number of aliphatic hydroxyl groups is 1. The summed E-state index contributed by atoms with van der Waals surface area (Å²) in [5, 5.41) is 8.57. The maximum absolute atomic E-state index is 8.57. The monoisotopic (exact) mass is 164 g/mol. The maximum atomic E-state index is 8.57. The molecule has 1 heteroatoms. The van der Waals surface area contributed by atoms with Crippen molar-refractivity contribution in [1.82, 2.24) is 0 Å². The molecular weight excluding hydrogens is 148 g/mol. The lowest BCUT2D eigenvalue weighted by Crippen LogP contribution is -2.07. The first-order valence-corrected chi connectivity index (χ1v) is 4.99. The van der Waals surface area contributed by atoms with Gasteiger partial charge < -0.3 is 5.11 Å². The van der Waals surface area contributed by atoms with Crippen molar-refractivity contribution in [1.29, 1.82) is 0 Å². The lowest BCUT2D eigenvalue weighted by Gasteiger charge is -2.15. The van der Waals surface area contributed by atoms with Gasteiger partial charge in [0.15, 0.2) is 0 Å². The summed E-state index contributed by atoms with van der Waals surface area (Å²) in [7, 11) is 0. The van der Waals surface area contributed by atoms with Gasteiger partial charge in [-0.3, -0.25) is 0 Å². The molecular formula is C11H16O. The van der Waals surface area contributed by atoms with Crippen LogP contribution in [0.5, 0.6) is 0 Å². The number of rotatable bonds is 1. The van der Waals surface area contributed by atoms with Crippen LogP contribution in [0.15, 0.2) is 0 Å². The second-order valence-electron chi connectivity index (χ2n) is 4.08. The van der Waals surface area contributed by atoms with E-state index in [-0.39, 0.29) is 6.61 Å². The molecule has 3 unspecified atom stereocenters. The first-order chi connectivity index (χ1) is 5.90. The molecule has 0 aromatic heterocycles. The van der Waals surface area contributed by atoms with E-state index in [0.717, 1.165) is 11.8 Å². The number of fused-ring (bicyclic) bond motifs is 2. The molecule has 0 aromatic rings. The highest BCUT2D eigenvalue weighted by molar-refractivity contribution is 5.10. The lowest BCUT2D eigenvalue weighted by molar-refractivity contribution is 0.304. The predicted molar refractivity (Wildman–Crippen MR) is 48.4 cm³/mol. The molecule has 1 nitrogen and oxygen atoms in total. The zero-order valence-electron chi connectivity index (χ0n) is 7.42. The fourth-order valence-corrected chi connectivity index (χ4v) is 2.68. The zero-order valence-corrected chi connectivity index (χ0v) is 7.42. The molecule has 66 valence electrons. The topological polar surface area (TPSA) is 20.2 Å². The molecule has 2 aliphatic carbocycles. The zero-order chi connectivity index (χ0) is 8.39. The van der Waals surface area contributed by atoms with Gasteiger partial charge in [-0.2, -0.15) is 0 Å². The van der Waals surface area contributed by atoms with Gasteiger partial charge in [-0.25, -0.2) is 0 Å². The Morgan fingerprint density at radius 2 is 2.17 bits per heavy atom. The Morgan fingerprint density at radius 3 is 2.75 bits per heavy atom. The third-order valence-corrected chi connectivity index (χ3v) is 3.26. The SMILES string of the molecule is OCCC#CC1CC2CCC1C2. The van der Waals surface area contributed by atoms with Gasteiger partial charge in [0.1, 0.15) is 0 Å². The van der Waals surface area contributed by atoms with Gasteiger partial charge in [0.2, 0.25) is 0 Å². The van der Waals surface area contributed by atoms with Gasteiger partial charge in [0.25, 0.3) is 0 Å². The number of hydrogen-bond acceptors (Lipinski definition) is 1. The second kappa shape index (κ2) is 3.49. The molecule has 12 heavy (non-hydrogen) atoms. The van der Waals surface area contributed by atoms with Crippen molar-refractivity contribution in [2.75, 3.05) is 6.61 Å². The van der Waals surface area contributed by atoms with Crippen molar-refractivity contribution in [2.45, 2.75) is 32.1 Å². The minimum Gasteiger partial charge on any atom is -0.395 e. The molecule has 0 saturated heterocycles. The van der Waals surface area contributed by atoms with E-state index in [4.69, 9.17) is 5.11 Å². The van der Waals surface area contributed by atoms with E-state index >= 15 is 0 Å². The van der Waals surface area contributed by atoms with Crippen LogP contribution < -0.4 is 0 Å².